The third-order valence-electron chi connectivity index (χ3n) is 4.94. The Bertz CT molecular complexity index is 1240. The maximum atomic E-state index is 12.8. The average Bonchev–Trinajstić information content (AvgIpc) is 3.42. The van der Waals surface area contributed by atoms with Crippen LogP contribution < -0.4 is 14.8 Å². The second-order valence-corrected chi connectivity index (χ2v) is 7.52. The van der Waals surface area contributed by atoms with E-state index >= 15 is 0 Å². The van der Waals surface area contributed by atoms with Crippen LogP contribution in [0.3, 0.4) is 0 Å². The zero-order valence-corrected chi connectivity index (χ0v) is 17.2. The van der Waals surface area contributed by atoms with Gasteiger partial charge in [0.25, 0.3) is 0 Å². The molecule has 0 saturated carbocycles. The summed E-state index contributed by atoms with van der Waals surface area (Å²) in [5, 5.41) is 8.32. The van der Waals surface area contributed by atoms with Gasteiger partial charge in [-0.25, -0.2) is 4.68 Å². The number of anilines is 1. The van der Waals surface area contributed by atoms with Gasteiger partial charge in [0.1, 0.15) is 0 Å². The van der Waals surface area contributed by atoms with Crippen LogP contribution in [0, 0.1) is 0 Å². The fourth-order valence-corrected chi connectivity index (χ4v) is 3.58. The second-order valence-electron chi connectivity index (χ2n) is 7.08. The number of ether oxygens (including phenoxy) is 2. The number of amides is 1. The number of nitrogens with one attached hydrogen (secondary N) is 1. The first kappa shape index (κ1) is 19.2. The highest BCUT2D eigenvalue weighted by Gasteiger charge is 2.17. The van der Waals surface area contributed by atoms with Crippen LogP contribution in [0.25, 0.3) is 16.9 Å². The van der Waals surface area contributed by atoms with Crippen LogP contribution in [-0.2, 0) is 11.2 Å². The number of halogens is 1. The number of hydrogen-bond donors (Lipinski definition) is 1. The largest absolute Gasteiger partial charge is 0.454 e. The molecule has 7 heteroatoms. The first-order chi connectivity index (χ1) is 15.2. The number of carbonyl (C=O) groups excluding carboxylic acids is 1. The number of para-hydroxylation sites is 1. The standard InChI is InChI=1S/C24H18ClN3O3/c25-18-8-6-16(7-9-18)24-17(14-28(27-24)20-4-2-1-3-5-20)12-23(29)26-19-10-11-21-22(13-19)31-15-30-21/h1-11,13-14H,12,15H2,(H,26,29). The summed E-state index contributed by atoms with van der Waals surface area (Å²) in [5.41, 5.74) is 4.01. The summed E-state index contributed by atoms with van der Waals surface area (Å²) < 4.78 is 12.5. The molecule has 1 aliphatic rings. The lowest BCUT2D eigenvalue weighted by Crippen LogP contribution is -2.14. The lowest BCUT2D eigenvalue weighted by Gasteiger charge is -2.07. The van der Waals surface area contributed by atoms with Gasteiger partial charge >= 0.3 is 0 Å². The minimum atomic E-state index is -0.151. The number of nitrogens with zero attached hydrogens (tertiary/aromatic N) is 2. The average molecular weight is 432 g/mol. The van der Waals surface area contributed by atoms with Crippen molar-refractivity contribution in [1.29, 1.82) is 0 Å². The molecular weight excluding hydrogens is 414 g/mol. The predicted octanol–water partition coefficient (Wildman–Crippen LogP) is 5.10. The molecule has 1 N–H and O–H groups in total. The van der Waals surface area contributed by atoms with Crippen molar-refractivity contribution in [3.63, 3.8) is 0 Å². The molecule has 31 heavy (non-hydrogen) atoms. The Labute approximate surface area is 184 Å². The van der Waals surface area contributed by atoms with E-state index in [2.05, 4.69) is 5.32 Å². The monoisotopic (exact) mass is 431 g/mol. The Balaban J connectivity index is 1.43. The molecule has 5 rings (SSSR count). The highest BCUT2D eigenvalue weighted by atomic mass is 35.5. The van der Waals surface area contributed by atoms with Crippen LogP contribution >= 0.6 is 11.6 Å². The van der Waals surface area contributed by atoms with Gasteiger partial charge in [-0.3, -0.25) is 4.79 Å². The zero-order chi connectivity index (χ0) is 21.2. The molecular formula is C24H18ClN3O3. The number of carbonyl (C=O) groups is 1. The minimum Gasteiger partial charge on any atom is -0.454 e. The number of hydrogen-bond acceptors (Lipinski definition) is 4. The normalized spacial score (nSPS) is 12.0. The van der Waals surface area contributed by atoms with Gasteiger partial charge < -0.3 is 14.8 Å². The van der Waals surface area contributed by atoms with Gasteiger partial charge in [-0.15, -0.1) is 0 Å². The summed E-state index contributed by atoms with van der Waals surface area (Å²) >= 11 is 6.05. The molecule has 0 aliphatic carbocycles. The Kier molecular flexibility index (Phi) is 5.06. The van der Waals surface area contributed by atoms with Gasteiger partial charge in [0.15, 0.2) is 11.5 Å². The van der Waals surface area contributed by atoms with Crippen LogP contribution in [0.5, 0.6) is 11.5 Å². The van der Waals surface area contributed by atoms with Crippen molar-refractivity contribution >= 4 is 23.2 Å². The SMILES string of the molecule is O=C(Cc1cn(-c2ccccc2)nc1-c1ccc(Cl)cc1)Nc1ccc2c(c1)OCO2. The van der Waals surface area contributed by atoms with Crippen molar-refractivity contribution in [2.24, 2.45) is 0 Å². The third kappa shape index (κ3) is 4.11. The van der Waals surface area contributed by atoms with Crippen LogP contribution in [0.15, 0.2) is 79.0 Å². The number of rotatable bonds is 5. The Morgan fingerprint density at radius 1 is 1.00 bits per heavy atom. The maximum absolute atomic E-state index is 12.8. The fourth-order valence-electron chi connectivity index (χ4n) is 3.46. The molecule has 154 valence electrons. The smallest absolute Gasteiger partial charge is 0.231 e. The van der Waals surface area contributed by atoms with E-state index < -0.39 is 0 Å². The first-order valence-corrected chi connectivity index (χ1v) is 10.1. The van der Waals surface area contributed by atoms with E-state index in [0.717, 1.165) is 22.5 Å². The number of fused-ring (bicyclic) bond motifs is 1. The van der Waals surface area contributed by atoms with Crippen LogP contribution in [-0.4, -0.2) is 22.5 Å². The molecule has 0 unspecified atom stereocenters. The van der Waals surface area contributed by atoms with Gasteiger partial charge in [0, 0.05) is 34.1 Å². The van der Waals surface area contributed by atoms with E-state index in [9.17, 15) is 4.79 Å². The maximum Gasteiger partial charge on any atom is 0.231 e. The summed E-state index contributed by atoms with van der Waals surface area (Å²) in [4.78, 5) is 12.8. The lowest BCUT2D eigenvalue weighted by atomic mass is 10.1. The van der Waals surface area contributed by atoms with Crippen molar-refractivity contribution in [2.45, 2.75) is 6.42 Å². The van der Waals surface area contributed by atoms with Crippen molar-refractivity contribution in [3.05, 3.63) is 89.6 Å². The van der Waals surface area contributed by atoms with Gasteiger partial charge in [-0.1, -0.05) is 41.9 Å². The van der Waals surface area contributed by atoms with E-state index in [1.54, 1.807) is 22.9 Å². The van der Waals surface area contributed by atoms with Crippen molar-refractivity contribution in [1.82, 2.24) is 9.78 Å². The van der Waals surface area contributed by atoms with Gasteiger partial charge in [0.2, 0.25) is 12.7 Å². The molecule has 0 radical (unpaired) electrons. The molecule has 0 saturated heterocycles. The number of benzene rings is 3. The molecule has 1 aromatic heterocycles. The van der Waals surface area contributed by atoms with E-state index in [-0.39, 0.29) is 19.1 Å². The van der Waals surface area contributed by atoms with Crippen molar-refractivity contribution in [3.8, 4) is 28.4 Å². The molecule has 2 heterocycles. The molecule has 0 atom stereocenters. The summed E-state index contributed by atoms with van der Waals surface area (Å²) in [6.45, 7) is 0.190. The molecule has 0 spiro atoms. The van der Waals surface area contributed by atoms with Gasteiger partial charge in [-0.2, -0.15) is 5.10 Å². The molecule has 6 nitrogen and oxygen atoms in total. The summed E-state index contributed by atoms with van der Waals surface area (Å²) in [7, 11) is 0. The highest BCUT2D eigenvalue weighted by Crippen LogP contribution is 2.34. The molecule has 4 aromatic rings. The Morgan fingerprint density at radius 3 is 2.58 bits per heavy atom. The highest BCUT2D eigenvalue weighted by molar-refractivity contribution is 6.30. The molecule has 0 fully saturated rings. The quantitative estimate of drug-likeness (QED) is 0.477. The van der Waals surface area contributed by atoms with Crippen LogP contribution in [0.4, 0.5) is 5.69 Å². The van der Waals surface area contributed by atoms with Crippen LogP contribution in [0.2, 0.25) is 5.02 Å². The Morgan fingerprint density at radius 2 is 1.77 bits per heavy atom. The molecule has 1 aliphatic heterocycles. The van der Waals surface area contributed by atoms with Crippen LogP contribution in [0.1, 0.15) is 5.56 Å². The van der Waals surface area contributed by atoms with E-state index in [1.807, 2.05) is 60.8 Å². The van der Waals surface area contributed by atoms with Gasteiger partial charge in [-0.05, 0) is 36.4 Å². The van der Waals surface area contributed by atoms with E-state index in [1.165, 1.54) is 0 Å². The van der Waals surface area contributed by atoms with Gasteiger partial charge in [0.05, 0.1) is 17.8 Å². The lowest BCUT2D eigenvalue weighted by molar-refractivity contribution is -0.115. The van der Waals surface area contributed by atoms with E-state index in [4.69, 9.17) is 26.2 Å². The summed E-state index contributed by atoms with van der Waals surface area (Å²) in [5.74, 6) is 1.14. The predicted molar refractivity (Wildman–Crippen MR) is 119 cm³/mol. The molecule has 3 aromatic carbocycles. The molecule has 0 bridgehead atoms. The molecule has 1 amide bonds. The van der Waals surface area contributed by atoms with E-state index in [0.29, 0.717) is 22.2 Å². The minimum absolute atomic E-state index is 0.151. The summed E-state index contributed by atoms with van der Waals surface area (Å²) in [6, 6.07) is 22.5. The number of aromatic nitrogens is 2. The fraction of sp³-hybridized carbons (Fsp3) is 0.0833. The first-order valence-electron chi connectivity index (χ1n) is 9.75. The zero-order valence-electron chi connectivity index (χ0n) is 16.4. The topological polar surface area (TPSA) is 65.4 Å². The third-order valence-corrected chi connectivity index (χ3v) is 5.19. The van der Waals surface area contributed by atoms with Crippen molar-refractivity contribution < 1.29 is 14.3 Å². The summed E-state index contributed by atoms with van der Waals surface area (Å²) in [6.07, 6.45) is 2.05. The second kappa shape index (κ2) is 8.16. The van der Waals surface area contributed by atoms with Crippen molar-refractivity contribution in [2.75, 3.05) is 12.1 Å². The Hall–Kier alpha value is -3.77.